The lowest BCUT2D eigenvalue weighted by Crippen LogP contribution is -2.48. The van der Waals surface area contributed by atoms with E-state index in [0.717, 1.165) is 44.7 Å². The largest absolute Gasteiger partial charge is 0.367 e. The van der Waals surface area contributed by atoms with Crippen LogP contribution in [0.3, 0.4) is 0 Å². The first-order valence-corrected chi connectivity index (χ1v) is 7.28. The predicted octanol–water partition coefficient (Wildman–Crippen LogP) is 2.40. The fourth-order valence-electron chi connectivity index (χ4n) is 2.53. The number of rotatable bonds is 4. The first kappa shape index (κ1) is 14.4. The number of hydrogen-bond acceptors (Lipinski definition) is 3. The maximum Gasteiger partial charge on any atom is 0.222 e. The number of para-hydroxylation sites is 1. The Labute approximate surface area is 120 Å². The van der Waals surface area contributed by atoms with E-state index in [1.807, 2.05) is 29.2 Å². The summed E-state index contributed by atoms with van der Waals surface area (Å²) in [6.45, 7) is 5.21. The van der Waals surface area contributed by atoms with Crippen molar-refractivity contribution in [2.75, 3.05) is 31.1 Å². The first-order chi connectivity index (χ1) is 9.76. The van der Waals surface area contributed by atoms with Gasteiger partial charge in [-0.05, 0) is 18.6 Å². The highest BCUT2D eigenvalue weighted by atomic mass is 16.2. The molecule has 0 saturated carbocycles. The number of benzene rings is 1. The minimum absolute atomic E-state index is 0.264. The molecule has 0 radical (unpaired) electrons. The van der Waals surface area contributed by atoms with Crippen molar-refractivity contribution in [3.05, 3.63) is 29.8 Å². The number of carbonyl (C=O) groups is 1. The van der Waals surface area contributed by atoms with Crippen molar-refractivity contribution in [1.29, 1.82) is 5.26 Å². The smallest absolute Gasteiger partial charge is 0.222 e. The van der Waals surface area contributed by atoms with Gasteiger partial charge in [0.2, 0.25) is 5.91 Å². The van der Waals surface area contributed by atoms with Crippen LogP contribution in [0.4, 0.5) is 5.69 Å². The van der Waals surface area contributed by atoms with Gasteiger partial charge < -0.3 is 9.80 Å². The van der Waals surface area contributed by atoms with Gasteiger partial charge in [0.05, 0.1) is 11.3 Å². The zero-order valence-corrected chi connectivity index (χ0v) is 12.0. The maximum atomic E-state index is 12.0. The lowest BCUT2D eigenvalue weighted by Gasteiger charge is -2.36. The number of nitrogens with zero attached hydrogens (tertiary/aromatic N) is 3. The molecule has 106 valence electrons. The van der Waals surface area contributed by atoms with Crippen LogP contribution in [-0.4, -0.2) is 37.0 Å². The summed E-state index contributed by atoms with van der Waals surface area (Å²) in [7, 11) is 0. The van der Waals surface area contributed by atoms with E-state index in [4.69, 9.17) is 5.26 Å². The molecule has 1 aliphatic heterocycles. The molecule has 1 heterocycles. The van der Waals surface area contributed by atoms with Gasteiger partial charge in [0.25, 0.3) is 0 Å². The van der Waals surface area contributed by atoms with Crippen LogP contribution < -0.4 is 4.90 Å². The van der Waals surface area contributed by atoms with Crippen LogP contribution >= 0.6 is 0 Å². The molecule has 1 fully saturated rings. The molecule has 0 aromatic heterocycles. The number of nitriles is 1. The molecule has 0 unspecified atom stereocenters. The van der Waals surface area contributed by atoms with Crippen LogP contribution in [0.5, 0.6) is 0 Å². The molecule has 0 atom stereocenters. The van der Waals surface area contributed by atoms with Crippen molar-refractivity contribution < 1.29 is 4.79 Å². The molecule has 1 aromatic carbocycles. The first-order valence-electron chi connectivity index (χ1n) is 7.28. The number of piperazine rings is 1. The molecule has 4 heteroatoms. The molecular weight excluding hydrogens is 250 g/mol. The molecule has 1 saturated heterocycles. The summed E-state index contributed by atoms with van der Waals surface area (Å²) < 4.78 is 0. The van der Waals surface area contributed by atoms with E-state index in [-0.39, 0.29) is 5.91 Å². The van der Waals surface area contributed by atoms with Crippen LogP contribution in [0.15, 0.2) is 24.3 Å². The molecule has 0 aliphatic carbocycles. The van der Waals surface area contributed by atoms with Gasteiger partial charge in [0.15, 0.2) is 0 Å². The van der Waals surface area contributed by atoms with Crippen molar-refractivity contribution in [3.8, 4) is 6.07 Å². The summed E-state index contributed by atoms with van der Waals surface area (Å²) in [5.74, 6) is 0.264. The second-order valence-corrected chi connectivity index (χ2v) is 5.10. The van der Waals surface area contributed by atoms with E-state index in [1.54, 1.807) is 0 Å². The minimum Gasteiger partial charge on any atom is -0.367 e. The predicted molar refractivity (Wildman–Crippen MR) is 79.5 cm³/mol. The van der Waals surface area contributed by atoms with Crippen LogP contribution in [0.1, 0.15) is 31.7 Å². The summed E-state index contributed by atoms with van der Waals surface area (Å²) in [6.07, 6.45) is 2.68. The number of unbranched alkanes of at least 4 members (excludes halogenated alkanes) is 1. The summed E-state index contributed by atoms with van der Waals surface area (Å²) in [6, 6.07) is 9.89. The maximum absolute atomic E-state index is 12.0. The number of amides is 1. The van der Waals surface area contributed by atoms with Crippen LogP contribution in [0.25, 0.3) is 0 Å². The second-order valence-electron chi connectivity index (χ2n) is 5.10. The monoisotopic (exact) mass is 271 g/mol. The van der Waals surface area contributed by atoms with E-state index < -0.39 is 0 Å². The van der Waals surface area contributed by atoms with E-state index in [9.17, 15) is 4.79 Å². The van der Waals surface area contributed by atoms with Crippen molar-refractivity contribution in [3.63, 3.8) is 0 Å². The molecule has 20 heavy (non-hydrogen) atoms. The zero-order valence-electron chi connectivity index (χ0n) is 12.0. The van der Waals surface area contributed by atoms with Crippen LogP contribution in [-0.2, 0) is 4.79 Å². The normalized spacial score (nSPS) is 15.0. The molecule has 1 amide bonds. The number of carbonyl (C=O) groups excluding carboxylic acids is 1. The number of hydrogen-bond donors (Lipinski definition) is 0. The highest BCUT2D eigenvalue weighted by Gasteiger charge is 2.21. The zero-order chi connectivity index (χ0) is 14.4. The highest BCUT2D eigenvalue weighted by molar-refractivity contribution is 5.76. The van der Waals surface area contributed by atoms with E-state index in [1.165, 1.54) is 0 Å². The fraction of sp³-hybridized carbons (Fsp3) is 0.500. The topological polar surface area (TPSA) is 47.3 Å². The van der Waals surface area contributed by atoms with Gasteiger partial charge in [-0.15, -0.1) is 0 Å². The Bertz CT molecular complexity index is 499. The molecule has 0 N–H and O–H groups in total. The quantitative estimate of drug-likeness (QED) is 0.845. The summed E-state index contributed by atoms with van der Waals surface area (Å²) in [5.41, 5.74) is 1.69. The summed E-state index contributed by atoms with van der Waals surface area (Å²) in [5, 5.41) is 9.15. The Morgan fingerprint density at radius 1 is 1.25 bits per heavy atom. The minimum atomic E-state index is 0.264. The van der Waals surface area contributed by atoms with Gasteiger partial charge in [-0.2, -0.15) is 5.26 Å². The Morgan fingerprint density at radius 3 is 2.60 bits per heavy atom. The average molecular weight is 271 g/mol. The number of anilines is 1. The fourth-order valence-corrected chi connectivity index (χ4v) is 2.53. The van der Waals surface area contributed by atoms with E-state index in [2.05, 4.69) is 17.9 Å². The summed E-state index contributed by atoms with van der Waals surface area (Å²) >= 11 is 0. The molecular formula is C16H21N3O. The third-order valence-corrected chi connectivity index (χ3v) is 3.74. The van der Waals surface area contributed by atoms with Gasteiger partial charge in [-0.25, -0.2) is 0 Å². The lowest BCUT2D eigenvalue weighted by molar-refractivity contribution is -0.131. The second kappa shape index (κ2) is 6.95. The van der Waals surface area contributed by atoms with Crippen molar-refractivity contribution in [2.45, 2.75) is 26.2 Å². The molecule has 1 aliphatic rings. The third kappa shape index (κ3) is 3.30. The van der Waals surface area contributed by atoms with Crippen molar-refractivity contribution >= 4 is 11.6 Å². The molecule has 2 rings (SSSR count). The van der Waals surface area contributed by atoms with Gasteiger partial charge in [0, 0.05) is 32.6 Å². The molecule has 1 aromatic rings. The molecule has 4 nitrogen and oxygen atoms in total. The SMILES string of the molecule is CCCCC(=O)N1CCN(c2ccccc2C#N)CC1. The molecule has 0 bridgehead atoms. The molecule has 0 spiro atoms. The van der Waals surface area contributed by atoms with Crippen molar-refractivity contribution in [1.82, 2.24) is 4.90 Å². The van der Waals surface area contributed by atoms with Gasteiger partial charge >= 0.3 is 0 Å². The Kier molecular flexibility index (Phi) is 5.00. The standard InChI is InChI=1S/C16H21N3O/c1-2-3-8-16(20)19-11-9-18(10-12-19)15-7-5-4-6-14(15)13-17/h4-7H,2-3,8-12H2,1H3. The van der Waals surface area contributed by atoms with Gasteiger partial charge in [-0.3, -0.25) is 4.79 Å². The van der Waals surface area contributed by atoms with Crippen LogP contribution in [0, 0.1) is 11.3 Å². The van der Waals surface area contributed by atoms with Gasteiger partial charge in [0.1, 0.15) is 6.07 Å². The van der Waals surface area contributed by atoms with Crippen LogP contribution in [0.2, 0.25) is 0 Å². The average Bonchev–Trinajstić information content (AvgIpc) is 2.52. The summed E-state index contributed by atoms with van der Waals surface area (Å²) in [4.78, 5) is 16.1. The van der Waals surface area contributed by atoms with E-state index >= 15 is 0 Å². The van der Waals surface area contributed by atoms with Gasteiger partial charge in [-0.1, -0.05) is 25.5 Å². The lowest BCUT2D eigenvalue weighted by atomic mass is 10.1. The van der Waals surface area contributed by atoms with E-state index in [0.29, 0.717) is 12.0 Å². The Hall–Kier alpha value is -2.02. The third-order valence-electron chi connectivity index (χ3n) is 3.74. The Morgan fingerprint density at radius 2 is 1.95 bits per heavy atom. The van der Waals surface area contributed by atoms with Crippen molar-refractivity contribution in [2.24, 2.45) is 0 Å². The Balaban J connectivity index is 1.94. The highest BCUT2D eigenvalue weighted by Crippen LogP contribution is 2.21.